The quantitative estimate of drug-likeness (QED) is 0.242. The highest BCUT2D eigenvalue weighted by molar-refractivity contribution is 7.96. The smallest absolute Gasteiger partial charge is 0.311 e. The molecule has 31 heavy (non-hydrogen) atoms. The fraction of sp³-hybridized carbons (Fsp3) is 0.0455. The van der Waals surface area contributed by atoms with E-state index in [0.29, 0.717) is 5.02 Å². The Morgan fingerprint density at radius 1 is 1.03 bits per heavy atom. The summed E-state index contributed by atoms with van der Waals surface area (Å²) in [5.74, 6) is -1.37. The minimum atomic E-state index is -4.27. The summed E-state index contributed by atoms with van der Waals surface area (Å²) in [6.07, 6.45) is 1.05. The molecule has 1 N–H and O–H groups in total. The molecule has 0 saturated carbocycles. The zero-order valence-corrected chi connectivity index (χ0v) is 17.7. The molecule has 0 aliphatic heterocycles. The lowest BCUT2D eigenvalue weighted by Gasteiger charge is -2.10. The van der Waals surface area contributed by atoms with Gasteiger partial charge in [0.1, 0.15) is 4.91 Å². The van der Waals surface area contributed by atoms with Gasteiger partial charge in [-0.3, -0.25) is 14.9 Å². The van der Waals surface area contributed by atoms with Gasteiger partial charge in [-0.1, -0.05) is 35.4 Å². The molecule has 0 aliphatic rings. The number of nitrogens with zero attached hydrogens (tertiary/aromatic N) is 1. The van der Waals surface area contributed by atoms with Crippen molar-refractivity contribution < 1.29 is 23.2 Å². The lowest BCUT2D eigenvalue weighted by molar-refractivity contribution is -0.385. The summed E-state index contributed by atoms with van der Waals surface area (Å²) >= 11 is 5.86. The van der Waals surface area contributed by atoms with E-state index in [0.717, 1.165) is 23.8 Å². The molecule has 9 heteroatoms. The molecule has 0 saturated heterocycles. The highest BCUT2D eigenvalue weighted by atomic mass is 35.5. The van der Waals surface area contributed by atoms with E-state index < -0.39 is 36.9 Å². The van der Waals surface area contributed by atoms with Crippen molar-refractivity contribution in [3.8, 4) is 5.75 Å². The number of rotatable bonds is 6. The standard InChI is InChI=1S/C22H16ClNO6S/c1-14-2-9-18(10-3-14)31(29,30)21(22(26)16-5-7-17(23)8-6-16)13-15-4-11-20(25)19(12-15)24(27)28/h2-13,25H,1H3/b21-13+. The third-order valence-corrected chi connectivity index (χ3v) is 6.47. The summed E-state index contributed by atoms with van der Waals surface area (Å²) in [5.41, 5.74) is 0.375. The number of Topliss-reactive ketones (excluding diaryl/α,β-unsaturated/α-hetero) is 1. The van der Waals surface area contributed by atoms with Gasteiger partial charge in [0.15, 0.2) is 5.75 Å². The van der Waals surface area contributed by atoms with Crippen molar-refractivity contribution in [2.24, 2.45) is 0 Å². The fourth-order valence-corrected chi connectivity index (χ4v) is 4.31. The van der Waals surface area contributed by atoms with Crippen LogP contribution < -0.4 is 0 Å². The normalized spacial score (nSPS) is 11.9. The van der Waals surface area contributed by atoms with Crippen LogP contribution in [-0.4, -0.2) is 24.2 Å². The van der Waals surface area contributed by atoms with E-state index in [9.17, 15) is 28.4 Å². The molecule has 158 valence electrons. The number of aromatic hydroxyl groups is 1. The maximum absolute atomic E-state index is 13.3. The maximum Gasteiger partial charge on any atom is 0.311 e. The number of nitro benzene ring substituents is 1. The van der Waals surface area contributed by atoms with Crippen molar-refractivity contribution in [1.82, 2.24) is 0 Å². The van der Waals surface area contributed by atoms with Crippen LogP contribution in [0, 0.1) is 17.0 Å². The number of nitro groups is 1. The van der Waals surface area contributed by atoms with Crippen LogP contribution in [0.15, 0.2) is 76.5 Å². The molecule has 0 spiro atoms. The van der Waals surface area contributed by atoms with Crippen LogP contribution in [0.3, 0.4) is 0 Å². The first kappa shape index (κ1) is 22.2. The van der Waals surface area contributed by atoms with Gasteiger partial charge in [-0.25, -0.2) is 8.42 Å². The van der Waals surface area contributed by atoms with Crippen LogP contribution in [-0.2, 0) is 9.84 Å². The van der Waals surface area contributed by atoms with Crippen LogP contribution >= 0.6 is 11.6 Å². The monoisotopic (exact) mass is 457 g/mol. The van der Waals surface area contributed by atoms with Crippen LogP contribution in [0.2, 0.25) is 5.02 Å². The molecule has 0 bridgehead atoms. The minimum absolute atomic E-state index is 0.0671. The van der Waals surface area contributed by atoms with E-state index in [1.165, 1.54) is 42.5 Å². The van der Waals surface area contributed by atoms with Gasteiger partial charge in [0.25, 0.3) is 0 Å². The number of aryl methyl sites for hydroxylation is 1. The Balaban J connectivity index is 2.21. The van der Waals surface area contributed by atoms with E-state index in [2.05, 4.69) is 0 Å². The number of carbonyl (C=O) groups excluding carboxylic acids is 1. The van der Waals surface area contributed by atoms with E-state index in [-0.39, 0.29) is 16.0 Å². The van der Waals surface area contributed by atoms with Crippen molar-refractivity contribution in [3.05, 3.63) is 103 Å². The average molecular weight is 458 g/mol. The zero-order chi connectivity index (χ0) is 22.8. The third-order valence-electron chi connectivity index (χ3n) is 4.44. The largest absolute Gasteiger partial charge is 0.502 e. The first-order valence-electron chi connectivity index (χ1n) is 8.91. The number of allylic oxidation sites excluding steroid dienone is 1. The highest BCUT2D eigenvalue weighted by Gasteiger charge is 2.28. The first-order valence-corrected chi connectivity index (χ1v) is 10.8. The number of carbonyl (C=O) groups is 1. The van der Waals surface area contributed by atoms with Gasteiger partial charge in [-0.15, -0.1) is 0 Å². The molecule has 0 radical (unpaired) electrons. The Bertz CT molecular complexity index is 1300. The lowest BCUT2D eigenvalue weighted by Crippen LogP contribution is -2.14. The Morgan fingerprint density at radius 2 is 1.65 bits per heavy atom. The molecular formula is C22H16ClNO6S. The predicted molar refractivity (Wildman–Crippen MR) is 117 cm³/mol. The maximum atomic E-state index is 13.3. The first-order chi connectivity index (χ1) is 14.6. The van der Waals surface area contributed by atoms with Crippen molar-refractivity contribution in [1.29, 1.82) is 0 Å². The molecule has 0 atom stereocenters. The molecule has 3 rings (SSSR count). The number of benzene rings is 3. The van der Waals surface area contributed by atoms with Gasteiger partial charge in [-0.2, -0.15) is 0 Å². The minimum Gasteiger partial charge on any atom is -0.502 e. The van der Waals surface area contributed by atoms with Crippen LogP contribution in [0.1, 0.15) is 21.5 Å². The number of halogens is 1. The lowest BCUT2D eigenvalue weighted by atomic mass is 10.1. The molecule has 0 heterocycles. The van der Waals surface area contributed by atoms with E-state index in [1.807, 2.05) is 0 Å². The fourth-order valence-electron chi connectivity index (χ4n) is 2.78. The number of hydrogen-bond acceptors (Lipinski definition) is 6. The third kappa shape index (κ3) is 4.82. The number of phenolic OH excluding ortho intramolecular Hbond substituents is 1. The second kappa shape index (κ2) is 8.71. The number of phenols is 1. The SMILES string of the molecule is Cc1ccc(S(=O)(=O)/C(=C/c2ccc(O)c([N+](=O)[O-])c2)C(=O)c2ccc(Cl)cc2)cc1. The van der Waals surface area contributed by atoms with Gasteiger partial charge in [0, 0.05) is 16.7 Å². The molecule has 0 amide bonds. The Morgan fingerprint density at radius 3 is 2.23 bits per heavy atom. The molecule has 0 aromatic heterocycles. The van der Waals surface area contributed by atoms with Gasteiger partial charge < -0.3 is 5.11 Å². The number of hydrogen-bond donors (Lipinski definition) is 1. The summed E-state index contributed by atoms with van der Waals surface area (Å²) in [5, 5.41) is 21.2. The Hall–Kier alpha value is -3.49. The Kier molecular flexibility index (Phi) is 6.24. The van der Waals surface area contributed by atoms with Gasteiger partial charge in [-0.05, 0) is 61.0 Å². The van der Waals surface area contributed by atoms with E-state index >= 15 is 0 Å². The molecule has 7 nitrogen and oxygen atoms in total. The van der Waals surface area contributed by atoms with Gasteiger partial charge >= 0.3 is 5.69 Å². The van der Waals surface area contributed by atoms with Gasteiger partial charge in [0.2, 0.25) is 15.6 Å². The summed E-state index contributed by atoms with van der Waals surface area (Å²) in [6, 6.07) is 15.0. The van der Waals surface area contributed by atoms with Crippen molar-refractivity contribution in [3.63, 3.8) is 0 Å². The summed E-state index contributed by atoms with van der Waals surface area (Å²) in [4.78, 5) is 22.8. The van der Waals surface area contributed by atoms with Crippen molar-refractivity contribution in [2.45, 2.75) is 11.8 Å². The predicted octanol–water partition coefficient (Wildman–Crippen LogP) is 4.96. The van der Waals surface area contributed by atoms with E-state index in [1.54, 1.807) is 19.1 Å². The Labute approximate surface area is 183 Å². The zero-order valence-electron chi connectivity index (χ0n) is 16.2. The second-order valence-corrected chi connectivity index (χ2v) is 9.02. The van der Waals surface area contributed by atoms with Crippen molar-refractivity contribution in [2.75, 3.05) is 0 Å². The molecule has 3 aromatic carbocycles. The van der Waals surface area contributed by atoms with Gasteiger partial charge in [0.05, 0.1) is 9.82 Å². The molecular weight excluding hydrogens is 442 g/mol. The van der Waals surface area contributed by atoms with Crippen LogP contribution in [0.5, 0.6) is 5.75 Å². The number of sulfone groups is 1. The summed E-state index contributed by atoms with van der Waals surface area (Å²) in [7, 11) is -4.27. The van der Waals surface area contributed by atoms with Crippen LogP contribution in [0.4, 0.5) is 5.69 Å². The molecule has 0 fully saturated rings. The molecule has 0 unspecified atom stereocenters. The summed E-state index contributed by atoms with van der Waals surface area (Å²) < 4.78 is 26.6. The molecule has 0 aliphatic carbocycles. The summed E-state index contributed by atoms with van der Waals surface area (Å²) in [6.45, 7) is 1.79. The van der Waals surface area contributed by atoms with Crippen molar-refractivity contribution >= 4 is 39.0 Å². The second-order valence-electron chi connectivity index (χ2n) is 6.67. The number of ketones is 1. The highest BCUT2D eigenvalue weighted by Crippen LogP contribution is 2.30. The molecule has 3 aromatic rings. The van der Waals surface area contributed by atoms with Crippen LogP contribution in [0.25, 0.3) is 6.08 Å². The van der Waals surface area contributed by atoms with E-state index in [4.69, 9.17) is 11.6 Å². The topological polar surface area (TPSA) is 115 Å². The average Bonchev–Trinajstić information content (AvgIpc) is 2.73.